The van der Waals surface area contributed by atoms with Crippen molar-refractivity contribution >= 4 is 11.9 Å². The Morgan fingerprint density at radius 1 is 1.16 bits per heavy atom. The number of anilines is 1. The topological polar surface area (TPSA) is 77.2 Å². The Morgan fingerprint density at radius 3 is 2.60 bits per heavy atom. The van der Waals surface area contributed by atoms with Gasteiger partial charge in [0.2, 0.25) is 0 Å². The number of carbonyl (C=O) groups is 1. The minimum Gasteiger partial charge on any atom is -0.494 e. The largest absolute Gasteiger partial charge is 0.494 e. The maximum Gasteiger partial charge on any atom is 0.322 e. The second kappa shape index (κ2) is 7.08. The molecule has 2 aromatic carbocycles. The molecule has 0 aliphatic rings. The molecule has 1 N–H and O–H groups in total. The molecular formula is C17H13F2N3O3. The molecule has 6 nitrogen and oxygen atoms in total. The zero-order valence-electron chi connectivity index (χ0n) is 13.1. The van der Waals surface area contributed by atoms with Crippen molar-refractivity contribution in [3.8, 4) is 17.2 Å². The van der Waals surface area contributed by atoms with Crippen LogP contribution in [0.15, 0.2) is 46.9 Å². The van der Waals surface area contributed by atoms with Gasteiger partial charge in [0, 0.05) is 11.6 Å². The molecule has 25 heavy (non-hydrogen) atoms. The third kappa shape index (κ3) is 3.79. The van der Waals surface area contributed by atoms with Gasteiger partial charge in [0.1, 0.15) is 17.4 Å². The predicted molar refractivity (Wildman–Crippen MR) is 85.2 cm³/mol. The van der Waals surface area contributed by atoms with Crippen LogP contribution in [0.5, 0.6) is 5.75 Å². The Bertz CT molecular complexity index is 894. The highest BCUT2D eigenvalue weighted by atomic mass is 19.1. The molecule has 0 spiro atoms. The summed E-state index contributed by atoms with van der Waals surface area (Å²) in [4.78, 5) is 12.1. The molecule has 0 unspecified atom stereocenters. The van der Waals surface area contributed by atoms with E-state index < -0.39 is 17.5 Å². The van der Waals surface area contributed by atoms with E-state index in [2.05, 4.69) is 15.5 Å². The highest BCUT2D eigenvalue weighted by Gasteiger charge is 2.16. The van der Waals surface area contributed by atoms with Gasteiger partial charge in [-0.15, -0.1) is 5.10 Å². The molecule has 1 aromatic heterocycles. The van der Waals surface area contributed by atoms with E-state index in [0.29, 0.717) is 24.0 Å². The molecular weight excluding hydrogens is 332 g/mol. The van der Waals surface area contributed by atoms with Gasteiger partial charge in [0.15, 0.2) is 0 Å². The number of aromatic nitrogens is 2. The van der Waals surface area contributed by atoms with Gasteiger partial charge < -0.3 is 9.15 Å². The molecule has 1 heterocycles. The number of halogens is 2. The predicted octanol–water partition coefficient (Wildman–Crippen LogP) is 3.67. The summed E-state index contributed by atoms with van der Waals surface area (Å²) in [6.45, 7) is 2.38. The molecule has 0 atom stereocenters. The normalized spacial score (nSPS) is 10.5. The van der Waals surface area contributed by atoms with E-state index >= 15 is 0 Å². The molecule has 3 rings (SSSR count). The molecule has 1 amide bonds. The average molecular weight is 345 g/mol. The Hall–Kier alpha value is -3.29. The van der Waals surface area contributed by atoms with Crippen molar-refractivity contribution in [2.24, 2.45) is 0 Å². The number of ether oxygens (including phenoxy) is 1. The maximum absolute atomic E-state index is 13.7. The standard InChI is InChI=1S/C17H13F2N3O3/c1-2-24-12-6-3-10(4-7-12)15(23)20-17-22-21-16(25-17)13-8-5-11(18)9-14(13)19/h3-9H,2H2,1H3,(H,20,22,23). The number of nitrogens with one attached hydrogen (secondary N) is 1. The molecule has 8 heteroatoms. The lowest BCUT2D eigenvalue weighted by atomic mass is 10.2. The lowest BCUT2D eigenvalue weighted by Crippen LogP contribution is -2.12. The number of amides is 1. The number of benzene rings is 2. The van der Waals surface area contributed by atoms with E-state index in [4.69, 9.17) is 9.15 Å². The Labute approximate surface area is 141 Å². The van der Waals surface area contributed by atoms with Crippen molar-refractivity contribution in [3.63, 3.8) is 0 Å². The third-order valence-electron chi connectivity index (χ3n) is 3.23. The lowest BCUT2D eigenvalue weighted by Gasteiger charge is -2.04. The summed E-state index contributed by atoms with van der Waals surface area (Å²) in [7, 11) is 0. The van der Waals surface area contributed by atoms with Gasteiger partial charge in [-0.1, -0.05) is 5.10 Å². The fourth-order valence-corrected chi connectivity index (χ4v) is 2.08. The first-order valence-electron chi connectivity index (χ1n) is 7.40. The monoisotopic (exact) mass is 345 g/mol. The highest BCUT2D eigenvalue weighted by molar-refractivity contribution is 6.03. The smallest absolute Gasteiger partial charge is 0.322 e. The number of hydrogen-bond acceptors (Lipinski definition) is 5. The number of hydrogen-bond donors (Lipinski definition) is 1. The molecule has 0 radical (unpaired) electrons. The van der Waals surface area contributed by atoms with E-state index in [1.54, 1.807) is 24.3 Å². The van der Waals surface area contributed by atoms with Crippen molar-refractivity contribution in [3.05, 3.63) is 59.7 Å². The van der Waals surface area contributed by atoms with Crippen LogP contribution in [0.3, 0.4) is 0 Å². The second-order valence-electron chi connectivity index (χ2n) is 4.95. The minimum absolute atomic E-state index is 0.0598. The average Bonchev–Trinajstić information content (AvgIpc) is 3.04. The van der Waals surface area contributed by atoms with E-state index in [9.17, 15) is 13.6 Å². The van der Waals surface area contributed by atoms with Crippen LogP contribution in [0.2, 0.25) is 0 Å². The summed E-state index contributed by atoms with van der Waals surface area (Å²) in [5.41, 5.74) is 0.298. The van der Waals surface area contributed by atoms with Crippen LogP contribution >= 0.6 is 0 Å². The van der Waals surface area contributed by atoms with Crippen LogP contribution < -0.4 is 10.1 Å². The maximum atomic E-state index is 13.7. The lowest BCUT2D eigenvalue weighted by molar-refractivity contribution is 0.102. The zero-order chi connectivity index (χ0) is 17.8. The van der Waals surface area contributed by atoms with Gasteiger partial charge in [0.05, 0.1) is 12.2 Å². The van der Waals surface area contributed by atoms with E-state index in [-0.39, 0.29) is 17.5 Å². The van der Waals surface area contributed by atoms with E-state index in [0.717, 1.165) is 6.07 Å². The summed E-state index contributed by atoms with van der Waals surface area (Å²) in [6, 6.07) is 9.23. The van der Waals surface area contributed by atoms with Crippen LogP contribution in [-0.2, 0) is 0 Å². The fraction of sp³-hybridized carbons (Fsp3) is 0.118. The summed E-state index contributed by atoms with van der Waals surface area (Å²) >= 11 is 0. The zero-order valence-corrected chi connectivity index (χ0v) is 13.1. The Balaban J connectivity index is 1.73. The van der Waals surface area contributed by atoms with Crippen LogP contribution in [0.25, 0.3) is 11.5 Å². The van der Waals surface area contributed by atoms with Crippen molar-refractivity contribution < 1.29 is 22.7 Å². The van der Waals surface area contributed by atoms with Crippen molar-refractivity contribution in [2.45, 2.75) is 6.92 Å². The summed E-state index contributed by atoms with van der Waals surface area (Å²) < 4.78 is 37.1. The Morgan fingerprint density at radius 2 is 1.92 bits per heavy atom. The number of rotatable bonds is 5. The van der Waals surface area contributed by atoms with E-state index in [1.165, 1.54) is 6.07 Å². The number of carbonyl (C=O) groups excluding carboxylic acids is 1. The summed E-state index contributed by atoms with van der Waals surface area (Å²) in [6.07, 6.45) is 0. The van der Waals surface area contributed by atoms with Gasteiger partial charge in [-0.3, -0.25) is 10.1 Å². The molecule has 0 aliphatic carbocycles. The van der Waals surface area contributed by atoms with Crippen LogP contribution in [-0.4, -0.2) is 22.7 Å². The molecule has 0 saturated carbocycles. The minimum atomic E-state index is -0.840. The van der Waals surface area contributed by atoms with Crippen LogP contribution in [0.1, 0.15) is 17.3 Å². The van der Waals surface area contributed by atoms with Gasteiger partial charge >= 0.3 is 6.01 Å². The first-order valence-corrected chi connectivity index (χ1v) is 7.40. The highest BCUT2D eigenvalue weighted by Crippen LogP contribution is 2.23. The van der Waals surface area contributed by atoms with Crippen molar-refractivity contribution in [2.75, 3.05) is 11.9 Å². The van der Waals surface area contributed by atoms with Gasteiger partial charge in [-0.25, -0.2) is 8.78 Å². The first kappa shape index (κ1) is 16.6. The van der Waals surface area contributed by atoms with E-state index in [1.807, 2.05) is 6.92 Å². The van der Waals surface area contributed by atoms with Crippen molar-refractivity contribution in [1.82, 2.24) is 10.2 Å². The molecule has 128 valence electrons. The second-order valence-corrected chi connectivity index (χ2v) is 4.95. The van der Waals surface area contributed by atoms with Gasteiger partial charge in [-0.2, -0.15) is 0 Å². The molecule has 0 bridgehead atoms. The quantitative estimate of drug-likeness (QED) is 0.763. The molecule has 0 fully saturated rings. The molecule has 3 aromatic rings. The SMILES string of the molecule is CCOc1ccc(C(=O)Nc2nnc(-c3ccc(F)cc3F)o2)cc1. The Kier molecular flexibility index (Phi) is 4.69. The van der Waals surface area contributed by atoms with Crippen LogP contribution in [0, 0.1) is 11.6 Å². The van der Waals surface area contributed by atoms with Crippen LogP contribution in [0.4, 0.5) is 14.8 Å². The fourth-order valence-electron chi connectivity index (χ4n) is 2.08. The summed E-state index contributed by atoms with van der Waals surface area (Å²) in [5.74, 6) is -1.55. The molecule has 0 saturated heterocycles. The summed E-state index contributed by atoms with van der Waals surface area (Å²) in [5, 5.41) is 9.70. The molecule has 0 aliphatic heterocycles. The first-order chi connectivity index (χ1) is 12.1. The van der Waals surface area contributed by atoms with Gasteiger partial charge in [-0.05, 0) is 43.3 Å². The number of nitrogens with zero attached hydrogens (tertiary/aromatic N) is 2. The van der Waals surface area contributed by atoms with Gasteiger partial charge in [0.25, 0.3) is 11.8 Å². The third-order valence-corrected chi connectivity index (χ3v) is 3.23. The van der Waals surface area contributed by atoms with Crippen molar-refractivity contribution in [1.29, 1.82) is 0 Å².